The molecule has 3 N–H and O–H groups in total. The molecule has 2 rings (SSSR count). The summed E-state index contributed by atoms with van der Waals surface area (Å²) in [5.41, 5.74) is 7.10. The van der Waals surface area contributed by atoms with Gasteiger partial charge in [-0.05, 0) is 42.9 Å². The molecule has 0 saturated heterocycles. The van der Waals surface area contributed by atoms with E-state index in [1.807, 2.05) is 0 Å². The Labute approximate surface area is 79.1 Å². The van der Waals surface area contributed by atoms with Crippen molar-refractivity contribution in [2.24, 2.45) is 5.84 Å². The average Bonchev–Trinajstić information content (AvgIpc) is 2.63. The molecular weight excluding hydrogens is 160 g/mol. The monoisotopic (exact) mass is 176 g/mol. The lowest BCUT2D eigenvalue weighted by Gasteiger charge is -2.11. The van der Waals surface area contributed by atoms with Crippen LogP contribution in [-0.2, 0) is 12.8 Å². The summed E-state index contributed by atoms with van der Waals surface area (Å²) in [5.74, 6) is 5.40. The first-order valence-corrected chi connectivity index (χ1v) is 4.89. The normalized spacial score (nSPS) is 17.1. The van der Waals surface area contributed by atoms with Crippen molar-refractivity contribution in [2.45, 2.75) is 32.2 Å². The second-order valence-electron chi connectivity index (χ2n) is 3.77. The molecular formula is C11H16N2. The highest BCUT2D eigenvalue weighted by molar-refractivity contribution is 5.36. The Morgan fingerprint density at radius 2 is 2.08 bits per heavy atom. The number of benzene rings is 1. The van der Waals surface area contributed by atoms with Crippen LogP contribution in [-0.4, -0.2) is 0 Å². The summed E-state index contributed by atoms with van der Waals surface area (Å²) in [5, 5.41) is 0. The molecule has 0 aliphatic heterocycles. The molecule has 70 valence electrons. The fourth-order valence-corrected chi connectivity index (χ4v) is 1.96. The SMILES string of the molecule is C[C@@H](NN)c1ccc2c(c1)CCC2. The van der Waals surface area contributed by atoms with Crippen LogP contribution in [0.25, 0.3) is 0 Å². The van der Waals surface area contributed by atoms with Crippen LogP contribution in [0.1, 0.15) is 36.1 Å². The summed E-state index contributed by atoms with van der Waals surface area (Å²) in [6.07, 6.45) is 3.80. The van der Waals surface area contributed by atoms with Crippen molar-refractivity contribution in [3.63, 3.8) is 0 Å². The molecule has 2 nitrogen and oxygen atoms in total. The first kappa shape index (κ1) is 8.73. The van der Waals surface area contributed by atoms with E-state index in [1.165, 1.54) is 36.0 Å². The average molecular weight is 176 g/mol. The van der Waals surface area contributed by atoms with Crippen LogP contribution in [0.3, 0.4) is 0 Å². The standard InChI is InChI=1S/C11H16N2/c1-8(13-12)10-6-5-9-3-2-4-11(9)7-10/h5-8,13H,2-4,12H2,1H3/t8-/m1/s1. The molecule has 0 unspecified atom stereocenters. The third kappa shape index (κ3) is 1.60. The summed E-state index contributed by atoms with van der Waals surface area (Å²) in [4.78, 5) is 0. The van der Waals surface area contributed by atoms with Crippen LogP contribution in [0.4, 0.5) is 0 Å². The molecule has 0 spiro atoms. The highest BCUT2D eigenvalue weighted by atomic mass is 15.2. The fourth-order valence-electron chi connectivity index (χ4n) is 1.96. The van der Waals surface area contributed by atoms with E-state index in [9.17, 15) is 0 Å². The van der Waals surface area contributed by atoms with E-state index in [0.29, 0.717) is 0 Å². The zero-order chi connectivity index (χ0) is 9.26. The molecule has 1 aliphatic rings. The lowest BCUT2D eigenvalue weighted by atomic mass is 10.0. The quantitative estimate of drug-likeness (QED) is 0.531. The van der Waals surface area contributed by atoms with E-state index >= 15 is 0 Å². The molecule has 0 saturated carbocycles. The van der Waals surface area contributed by atoms with Crippen molar-refractivity contribution in [1.82, 2.24) is 5.43 Å². The largest absolute Gasteiger partial charge is 0.271 e. The van der Waals surface area contributed by atoms with Crippen molar-refractivity contribution in [3.8, 4) is 0 Å². The van der Waals surface area contributed by atoms with Gasteiger partial charge in [-0.25, -0.2) is 0 Å². The van der Waals surface area contributed by atoms with Gasteiger partial charge in [0, 0.05) is 6.04 Å². The van der Waals surface area contributed by atoms with Crippen LogP contribution in [0.2, 0.25) is 0 Å². The summed E-state index contributed by atoms with van der Waals surface area (Å²) < 4.78 is 0. The number of fused-ring (bicyclic) bond motifs is 1. The first-order chi connectivity index (χ1) is 6.31. The van der Waals surface area contributed by atoms with E-state index in [0.717, 1.165) is 0 Å². The van der Waals surface area contributed by atoms with Crippen LogP contribution in [0.5, 0.6) is 0 Å². The van der Waals surface area contributed by atoms with Gasteiger partial charge >= 0.3 is 0 Å². The molecule has 0 fully saturated rings. The van der Waals surface area contributed by atoms with E-state index in [1.54, 1.807) is 0 Å². The van der Waals surface area contributed by atoms with E-state index < -0.39 is 0 Å². The topological polar surface area (TPSA) is 38.0 Å². The Bertz CT molecular complexity index is 307. The van der Waals surface area contributed by atoms with Gasteiger partial charge in [-0.1, -0.05) is 18.2 Å². The predicted molar refractivity (Wildman–Crippen MR) is 54.2 cm³/mol. The molecule has 0 bridgehead atoms. The molecule has 0 amide bonds. The van der Waals surface area contributed by atoms with Gasteiger partial charge in [-0.15, -0.1) is 0 Å². The fraction of sp³-hybridized carbons (Fsp3) is 0.455. The van der Waals surface area contributed by atoms with Crippen molar-refractivity contribution < 1.29 is 0 Å². The highest BCUT2D eigenvalue weighted by Crippen LogP contribution is 2.24. The van der Waals surface area contributed by atoms with Crippen LogP contribution in [0, 0.1) is 0 Å². The lowest BCUT2D eigenvalue weighted by Crippen LogP contribution is -2.25. The van der Waals surface area contributed by atoms with Gasteiger partial charge in [-0.3, -0.25) is 11.3 Å². The van der Waals surface area contributed by atoms with Gasteiger partial charge in [0.2, 0.25) is 0 Å². The number of hydrogen-bond acceptors (Lipinski definition) is 2. The van der Waals surface area contributed by atoms with Crippen molar-refractivity contribution in [3.05, 3.63) is 34.9 Å². The Hall–Kier alpha value is -0.860. The van der Waals surface area contributed by atoms with Crippen LogP contribution < -0.4 is 11.3 Å². The molecule has 0 heterocycles. The number of nitrogens with two attached hydrogens (primary N) is 1. The smallest absolute Gasteiger partial charge is 0.0431 e. The number of hydrazine groups is 1. The van der Waals surface area contributed by atoms with E-state index in [-0.39, 0.29) is 6.04 Å². The summed E-state index contributed by atoms with van der Waals surface area (Å²) in [6, 6.07) is 6.96. The minimum absolute atomic E-state index is 0.255. The Morgan fingerprint density at radius 1 is 1.31 bits per heavy atom. The zero-order valence-electron chi connectivity index (χ0n) is 8.01. The van der Waals surface area contributed by atoms with Gasteiger partial charge in [0.1, 0.15) is 0 Å². The molecule has 0 radical (unpaired) electrons. The maximum absolute atomic E-state index is 5.40. The molecule has 1 aromatic carbocycles. The highest BCUT2D eigenvalue weighted by Gasteiger charge is 2.12. The summed E-state index contributed by atoms with van der Waals surface area (Å²) >= 11 is 0. The first-order valence-electron chi connectivity index (χ1n) is 4.89. The second-order valence-corrected chi connectivity index (χ2v) is 3.77. The van der Waals surface area contributed by atoms with Crippen LogP contribution >= 0.6 is 0 Å². The van der Waals surface area contributed by atoms with E-state index in [4.69, 9.17) is 5.84 Å². The van der Waals surface area contributed by atoms with Crippen molar-refractivity contribution >= 4 is 0 Å². The molecule has 1 atom stereocenters. The molecule has 1 aliphatic carbocycles. The maximum Gasteiger partial charge on any atom is 0.0431 e. The molecule has 1 aromatic rings. The summed E-state index contributed by atoms with van der Waals surface area (Å²) in [6.45, 7) is 2.08. The Kier molecular flexibility index (Phi) is 2.34. The number of nitrogens with one attached hydrogen (secondary N) is 1. The van der Waals surface area contributed by atoms with Gasteiger partial charge in [0.15, 0.2) is 0 Å². The van der Waals surface area contributed by atoms with Crippen molar-refractivity contribution in [1.29, 1.82) is 0 Å². The number of rotatable bonds is 2. The third-order valence-corrected chi connectivity index (χ3v) is 2.87. The Morgan fingerprint density at radius 3 is 2.85 bits per heavy atom. The number of hydrogen-bond donors (Lipinski definition) is 2. The predicted octanol–water partition coefficient (Wildman–Crippen LogP) is 1.70. The van der Waals surface area contributed by atoms with Gasteiger partial charge in [-0.2, -0.15) is 0 Å². The van der Waals surface area contributed by atoms with Gasteiger partial charge < -0.3 is 0 Å². The number of aryl methyl sites for hydroxylation is 2. The molecule has 2 heteroatoms. The molecule has 0 aromatic heterocycles. The maximum atomic E-state index is 5.40. The third-order valence-electron chi connectivity index (χ3n) is 2.87. The minimum atomic E-state index is 0.255. The minimum Gasteiger partial charge on any atom is -0.271 e. The van der Waals surface area contributed by atoms with Gasteiger partial charge in [0.25, 0.3) is 0 Å². The molecule has 13 heavy (non-hydrogen) atoms. The van der Waals surface area contributed by atoms with Crippen LogP contribution in [0.15, 0.2) is 18.2 Å². The summed E-state index contributed by atoms with van der Waals surface area (Å²) in [7, 11) is 0. The second kappa shape index (κ2) is 3.48. The van der Waals surface area contributed by atoms with Crippen molar-refractivity contribution in [2.75, 3.05) is 0 Å². The zero-order valence-corrected chi connectivity index (χ0v) is 8.01. The van der Waals surface area contributed by atoms with Gasteiger partial charge in [0.05, 0.1) is 0 Å². The Balaban J connectivity index is 2.30. The lowest BCUT2D eigenvalue weighted by molar-refractivity contribution is 0.602. The van der Waals surface area contributed by atoms with E-state index in [2.05, 4.69) is 30.5 Å².